The minimum Gasteiger partial charge on any atom is -0.508 e. The number of phenols is 1. The van der Waals surface area contributed by atoms with E-state index in [4.69, 9.17) is 4.74 Å². The fraction of sp³-hybridized carbons (Fsp3) is 0.0667. The van der Waals surface area contributed by atoms with Gasteiger partial charge in [0.15, 0.2) is 5.78 Å². The van der Waals surface area contributed by atoms with Crippen molar-refractivity contribution in [1.82, 2.24) is 0 Å². The van der Waals surface area contributed by atoms with Crippen LogP contribution in [0.15, 0.2) is 42.5 Å². The maximum Gasteiger partial charge on any atom is 0.326 e. The number of fused-ring (bicyclic) bond motifs is 1. The molecule has 4 nitrogen and oxygen atoms in total. The van der Waals surface area contributed by atoms with Crippen LogP contribution in [-0.2, 0) is 4.79 Å². The molecule has 20 heavy (non-hydrogen) atoms. The molecule has 1 aliphatic heterocycles. The highest BCUT2D eigenvalue weighted by molar-refractivity contribution is 6.15. The van der Waals surface area contributed by atoms with Gasteiger partial charge in [-0.2, -0.15) is 0 Å². The molecule has 1 unspecified atom stereocenters. The van der Waals surface area contributed by atoms with E-state index in [-0.39, 0.29) is 17.1 Å². The molecule has 0 saturated carbocycles. The minimum atomic E-state index is -1.12. The second-order valence-corrected chi connectivity index (χ2v) is 4.45. The highest BCUT2D eigenvalue weighted by Crippen LogP contribution is 2.38. The number of rotatable bonds is 2. The molecule has 1 heterocycles. The number of hydrogen-bond acceptors (Lipinski definition) is 4. The molecule has 1 N–H and O–H groups in total. The number of carbonyl (C=O) groups excluding carboxylic acids is 2. The van der Waals surface area contributed by atoms with E-state index in [1.165, 1.54) is 30.3 Å². The maximum atomic E-state index is 12.9. The first-order valence-corrected chi connectivity index (χ1v) is 5.90. The van der Waals surface area contributed by atoms with Crippen LogP contribution in [0.1, 0.15) is 21.8 Å². The number of ketones is 1. The zero-order chi connectivity index (χ0) is 14.3. The lowest BCUT2D eigenvalue weighted by Gasteiger charge is -2.06. The number of ether oxygens (including phenoxy) is 1. The van der Waals surface area contributed by atoms with E-state index >= 15 is 0 Å². The molecule has 0 radical (unpaired) electrons. The number of carbonyl (C=O) groups is 2. The van der Waals surface area contributed by atoms with Gasteiger partial charge in [-0.15, -0.1) is 0 Å². The molecule has 0 spiro atoms. The molecule has 0 fully saturated rings. The Labute approximate surface area is 113 Å². The largest absolute Gasteiger partial charge is 0.508 e. The Morgan fingerprint density at radius 2 is 1.85 bits per heavy atom. The van der Waals surface area contributed by atoms with Crippen molar-refractivity contribution in [2.45, 2.75) is 5.92 Å². The molecule has 3 rings (SSSR count). The van der Waals surface area contributed by atoms with E-state index in [2.05, 4.69) is 0 Å². The van der Waals surface area contributed by atoms with Crippen LogP contribution in [0, 0.1) is 5.82 Å². The number of halogens is 1. The summed E-state index contributed by atoms with van der Waals surface area (Å²) in [5, 5.41) is 9.46. The first-order chi connectivity index (χ1) is 9.56. The Balaban J connectivity index is 2.02. The van der Waals surface area contributed by atoms with E-state index in [9.17, 15) is 19.1 Å². The Morgan fingerprint density at radius 3 is 2.55 bits per heavy atom. The molecular formula is C15H9FO4. The van der Waals surface area contributed by atoms with E-state index in [0.717, 1.165) is 12.1 Å². The molecule has 2 aromatic rings. The number of esters is 1. The van der Waals surface area contributed by atoms with Crippen LogP contribution in [0.3, 0.4) is 0 Å². The zero-order valence-corrected chi connectivity index (χ0v) is 10.2. The van der Waals surface area contributed by atoms with Crippen molar-refractivity contribution in [2.24, 2.45) is 0 Å². The summed E-state index contributed by atoms with van der Waals surface area (Å²) in [6, 6.07) is 9.05. The molecule has 5 heteroatoms. The predicted octanol–water partition coefficient (Wildman–Crippen LogP) is 2.42. The van der Waals surface area contributed by atoms with Crippen molar-refractivity contribution in [1.29, 1.82) is 0 Å². The maximum absolute atomic E-state index is 12.9. The van der Waals surface area contributed by atoms with Crippen LogP contribution in [-0.4, -0.2) is 16.9 Å². The molecule has 100 valence electrons. The van der Waals surface area contributed by atoms with Gasteiger partial charge in [-0.1, -0.05) is 0 Å². The SMILES string of the molecule is O=C1Oc2ccc(O)cc2C1C(=O)c1ccc(F)cc1. The second kappa shape index (κ2) is 4.45. The summed E-state index contributed by atoms with van der Waals surface area (Å²) < 4.78 is 17.9. The average molecular weight is 272 g/mol. The van der Waals surface area contributed by atoms with Crippen molar-refractivity contribution < 1.29 is 23.8 Å². The van der Waals surface area contributed by atoms with Crippen molar-refractivity contribution in [3.05, 3.63) is 59.4 Å². The van der Waals surface area contributed by atoms with E-state index < -0.39 is 23.5 Å². The number of phenolic OH excluding ortho intramolecular Hbond substituents is 1. The van der Waals surface area contributed by atoms with Gasteiger partial charge in [-0.05, 0) is 42.5 Å². The Kier molecular flexibility index (Phi) is 2.75. The van der Waals surface area contributed by atoms with Gasteiger partial charge in [0.05, 0.1) is 0 Å². The van der Waals surface area contributed by atoms with Crippen LogP contribution in [0.5, 0.6) is 11.5 Å². The van der Waals surface area contributed by atoms with Gasteiger partial charge in [0.25, 0.3) is 0 Å². The summed E-state index contributed by atoms with van der Waals surface area (Å²) in [4.78, 5) is 24.2. The van der Waals surface area contributed by atoms with Crippen LogP contribution in [0.2, 0.25) is 0 Å². The third-order valence-corrected chi connectivity index (χ3v) is 3.14. The predicted molar refractivity (Wildman–Crippen MR) is 67.2 cm³/mol. The lowest BCUT2D eigenvalue weighted by Crippen LogP contribution is -2.20. The average Bonchev–Trinajstić information content (AvgIpc) is 2.74. The molecule has 0 saturated heterocycles. The lowest BCUT2D eigenvalue weighted by molar-refractivity contribution is -0.132. The van der Waals surface area contributed by atoms with E-state index in [1.807, 2.05) is 0 Å². The number of Topliss-reactive ketones (excluding diaryl/α,β-unsaturated/α-hetero) is 1. The molecule has 0 aliphatic carbocycles. The molecule has 2 aromatic carbocycles. The molecular weight excluding hydrogens is 263 g/mol. The summed E-state index contributed by atoms with van der Waals surface area (Å²) >= 11 is 0. The van der Waals surface area contributed by atoms with E-state index in [0.29, 0.717) is 5.56 Å². The number of aromatic hydroxyl groups is 1. The van der Waals surface area contributed by atoms with Crippen LogP contribution < -0.4 is 4.74 Å². The Morgan fingerprint density at radius 1 is 1.15 bits per heavy atom. The van der Waals surface area contributed by atoms with Crippen LogP contribution in [0.4, 0.5) is 4.39 Å². The quantitative estimate of drug-likeness (QED) is 0.394. The summed E-state index contributed by atoms with van der Waals surface area (Å²) in [6.45, 7) is 0. The van der Waals surface area contributed by atoms with Gasteiger partial charge >= 0.3 is 5.97 Å². The highest BCUT2D eigenvalue weighted by atomic mass is 19.1. The molecule has 0 aromatic heterocycles. The third-order valence-electron chi connectivity index (χ3n) is 3.14. The van der Waals surface area contributed by atoms with Crippen molar-refractivity contribution in [3.63, 3.8) is 0 Å². The molecule has 1 atom stereocenters. The lowest BCUT2D eigenvalue weighted by atomic mass is 9.92. The highest BCUT2D eigenvalue weighted by Gasteiger charge is 2.39. The van der Waals surface area contributed by atoms with Crippen LogP contribution in [0.25, 0.3) is 0 Å². The standard InChI is InChI=1S/C15H9FO4/c16-9-3-1-8(2-4-9)14(18)13-11-7-10(17)5-6-12(11)20-15(13)19/h1-7,13,17H. The topological polar surface area (TPSA) is 63.6 Å². The van der Waals surface area contributed by atoms with Gasteiger partial charge in [-0.25, -0.2) is 4.39 Å². The summed E-state index contributed by atoms with van der Waals surface area (Å²) in [5.74, 6) is -2.57. The molecule has 1 aliphatic rings. The second-order valence-electron chi connectivity index (χ2n) is 4.45. The first-order valence-electron chi connectivity index (χ1n) is 5.90. The normalized spacial score (nSPS) is 16.6. The van der Waals surface area contributed by atoms with Gasteiger partial charge in [0.1, 0.15) is 23.2 Å². The number of benzene rings is 2. The smallest absolute Gasteiger partial charge is 0.326 e. The van der Waals surface area contributed by atoms with Crippen molar-refractivity contribution >= 4 is 11.8 Å². The van der Waals surface area contributed by atoms with Gasteiger partial charge in [0.2, 0.25) is 0 Å². The van der Waals surface area contributed by atoms with E-state index in [1.54, 1.807) is 0 Å². The summed E-state index contributed by atoms with van der Waals surface area (Å²) in [6.07, 6.45) is 0. The molecule has 0 bridgehead atoms. The first kappa shape index (κ1) is 12.3. The fourth-order valence-corrected chi connectivity index (χ4v) is 2.18. The molecule has 0 amide bonds. The fourth-order valence-electron chi connectivity index (χ4n) is 2.18. The van der Waals surface area contributed by atoms with Gasteiger partial charge in [-0.3, -0.25) is 9.59 Å². The third kappa shape index (κ3) is 1.93. The van der Waals surface area contributed by atoms with Crippen LogP contribution >= 0.6 is 0 Å². The summed E-state index contributed by atoms with van der Waals surface area (Å²) in [7, 11) is 0. The Hall–Kier alpha value is -2.69. The van der Waals surface area contributed by atoms with Gasteiger partial charge < -0.3 is 9.84 Å². The van der Waals surface area contributed by atoms with Crippen molar-refractivity contribution in [3.8, 4) is 11.5 Å². The summed E-state index contributed by atoms with van der Waals surface area (Å²) in [5.41, 5.74) is 0.536. The number of hydrogen-bond donors (Lipinski definition) is 1. The monoisotopic (exact) mass is 272 g/mol. The minimum absolute atomic E-state index is 0.0565. The Bertz CT molecular complexity index is 706. The van der Waals surface area contributed by atoms with Gasteiger partial charge in [0, 0.05) is 11.1 Å². The zero-order valence-electron chi connectivity index (χ0n) is 10.2. The van der Waals surface area contributed by atoms with Crippen molar-refractivity contribution in [2.75, 3.05) is 0 Å².